The van der Waals surface area contributed by atoms with Crippen LogP contribution < -0.4 is 10.5 Å². The molecular formula is C13H19NO2. The predicted molar refractivity (Wildman–Crippen MR) is 63.5 cm³/mol. The van der Waals surface area contributed by atoms with Gasteiger partial charge in [0.25, 0.3) is 0 Å². The van der Waals surface area contributed by atoms with Crippen molar-refractivity contribution in [3.05, 3.63) is 30.3 Å². The lowest BCUT2D eigenvalue weighted by molar-refractivity contribution is 0.0521. The summed E-state index contributed by atoms with van der Waals surface area (Å²) in [6.45, 7) is 2.27. The van der Waals surface area contributed by atoms with Crippen LogP contribution >= 0.6 is 0 Å². The van der Waals surface area contributed by atoms with E-state index >= 15 is 0 Å². The van der Waals surface area contributed by atoms with Crippen LogP contribution in [0.15, 0.2) is 30.3 Å². The molecule has 0 radical (unpaired) electrons. The zero-order valence-electron chi connectivity index (χ0n) is 9.47. The number of hydrogen-bond donors (Lipinski definition) is 1. The maximum absolute atomic E-state index is 6.12. The van der Waals surface area contributed by atoms with E-state index in [1.54, 1.807) is 0 Å². The molecule has 1 aliphatic heterocycles. The van der Waals surface area contributed by atoms with Gasteiger partial charge in [-0.05, 0) is 30.9 Å². The van der Waals surface area contributed by atoms with Gasteiger partial charge in [0.1, 0.15) is 12.4 Å². The topological polar surface area (TPSA) is 44.5 Å². The molecular weight excluding hydrogens is 202 g/mol. The normalized spacial score (nSPS) is 19.3. The number of ether oxygens (including phenoxy) is 2. The fraction of sp³-hybridized carbons (Fsp3) is 0.538. The molecule has 0 bridgehead atoms. The molecule has 1 aromatic carbocycles. The van der Waals surface area contributed by atoms with Crippen molar-refractivity contribution in [1.82, 2.24) is 0 Å². The minimum absolute atomic E-state index is 0.115. The standard InChI is InChI=1S/C13H19NO2/c14-13(11-6-8-15-9-7-11)10-16-12-4-2-1-3-5-12/h1-5,11,13H,6-10,14H2. The summed E-state index contributed by atoms with van der Waals surface area (Å²) in [5, 5.41) is 0. The largest absolute Gasteiger partial charge is 0.492 e. The second kappa shape index (κ2) is 5.87. The molecule has 2 rings (SSSR count). The molecule has 3 nitrogen and oxygen atoms in total. The molecule has 1 aromatic rings. The number of hydrogen-bond acceptors (Lipinski definition) is 3. The van der Waals surface area contributed by atoms with Gasteiger partial charge in [-0.3, -0.25) is 0 Å². The molecule has 1 heterocycles. The first kappa shape index (κ1) is 11.4. The first-order chi connectivity index (χ1) is 7.86. The summed E-state index contributed by atoms with van der Waals surface area (Å²) in [6, 6.07) is 9.94. The zero-order valence-corrected chi connectivity index (χ0v) is 9.47. The van der Waals surface area contributed by atoms with Crippen LogP contribution in [0.1, 0.15) is 12.8 Å². The van der Waals surface area contributed by atoms with Gasteiger partial charge in [-0.15, -0.1) is 0 Å². The third-order valence-electron chi connectivity index (χ3n) is 3.06. The van der Waals surface area contributed by atoms with Crippen LogP contribution in [0.5, 0.6) is 5.75 Å². The second-order valence-corrected chi connectivity index (χ2v) is 4.24. The molecule has 1 fully saturated rings. The monoisotopic (exact) mass is 221 g/mol. The van der Waals surface area contributed by atoms with E-state index in [9.17, 15) is 0 Å². The van der Waals surface area contributed by atoms with Gasteiger partial charge in [-0.1, -0.05) is 18.2 Å². The molecule has 0 spiro atoms. The van der Waals surface area contributed by atoms with Crippen molar-refractivity contribution >= 4 is 0 Å². The Kier molecular flexibility index (Phi) is 4.19. The predicted octanol–water partition coefficient (Wildman–Crippen LogP) is 1.82. The van der Waals surface area contributed by atoms with Gasteiger partial charge in [-0.25, -0.2) is 0 Å². The number of para-hydroxylation sites is 1. The van der Waals surface area contributed by atoms with Crippen molar-refractivity contribution in [1.29, 1.82) is 0 Å². The zero-order chi connectivity index (χ0) is 11.2. The van der Waals surface area contributed by atoms with Gasteiger partial charge in [0.15, 0.2) is 0 Å². The van der Waals surface area contributed by atoms with E-state index in [0.717, 1.165) is 31.8 Å². The van der Waals surface area contributed by atoms with Crippen LogP contribution in [0.4, 0.5) is 0 Å². The molecule has 1 atom stereocenters. The molecule has 1 saturated heterocycles. The summed E-state index contributed by atoms with van der Waals surface area (Å²) in [4.78, 5) is 0. The molecule has 0 saturated carbocycles. The number of nitrogens with two attached hydrogens (primary N) is 1. The van der Waals surface area contributed by atoms with Crippen molar-refractivity contribution in [2.75, 3.05) is 19.8 Å². The molecule has 88 valence electrons. The Morgan fingerprint density at radius 3 is 2.62 bits per heavy atom. The lowest BCUT2D eigenvalue weighted by Gasteiger charge is -2.27. The fourth-order valence-corrected chi connectivity index (χ4v) is 1.99. The minimum Gasteiger partial charge on any atom is -0.492 e. The van der Waals surface area contributed by atoms with Crippen LogP contribution in [0, 0.1) is 5.92 Å². The Hall–Kier alpha value is -1.06. The second-order valence-electron chi connectivity index (χ2n) is 4.24. The maximum Gasteiger partial charge on any atom is 0.119 e. The third-order valence-corrected chi connectivity index (χ3v) is 3.06. The number of benzene rings is 1. The molecule has 0 aliphatic carbocycles. The lowest BCUT2D eigenvalue weighted by atomic mass is 9.93. The smallest absolute Gasteiger partial charge is 0.119 e. The quantitative estimate of drug-likeness (QED) is 0.843. The lowest BCUT2D eigenvalue weighted by Crippen LogP contribution is -2.38. The van der Waals surface area contributed by atoms with Gasteiger partial charge in [0.2, 0.25) is 0 Å². The van der Waals surface area contributed by atoms with E-state index in [1.165, 1.54) is 0 Å². The summed E-state index contributed by atoms with van der Waals surface area (Å²) >= 11 is 0. The molecule has 2 N–H and O–H groups in total. The molecule has 16 heavy (non-hydrogen) atoms. The first-order valence-electron chi connectivity index (χ1n) is 5.87. The highest BCUT2D eigenvalue weighted by Crippen LogP contribution is 2.18. The van der Waals surface area contributed by atoms with E-state index in [1.807, 2.05) is 30.3 Å². The minimum atomic E-state index is 0.115. The Labute approximate surface area is 96.5 Å². The Bertz CT molecular complexity index is 296. The molecule has 0 amide bonds. The molecule has 1 aliphatic rings. The van der Waals surface area contributed by atoms with E-state index in [2.05, 4.69) is 0 Å². The first-order valence-corrected chi connectivity index (χ1v) is 5.87. The van der Waals surface area contributed by atoms with E-state index in [4.69, 9.17) is 15.2 Å². The van der Waals surface area contributed by atoms with Gasteiger partial charge in [0, 0.05) is 19.3 Å². The van der Waals surface area contributed by atoms with Gasteiger partial charge < -0.3 is 15.2 Å². The summed E-state index contributed by atoms with van der Waals surface area (Å²) in [6.07, 6.45) is 2.11. The van der Waals surface area contributed by atoms with E-state index < -0.39 is 0 Å². The van der Waals surface area contributed by atoms with Crippen LogP contribution in [0.25, 0.3) is 0 Å². The van der Waals surface area contributed by atoms with Crippen LogP contribution in [-0.4, -0.2) is 25.9 Å². The molecule has 3 heteroatoms. The van der Waals surface area contributed by atoms with E-state index in [-0.39, 0.29) is 6.04 Å². The highest BCUT2D eigenvalue weighted by molar-refractivity contribution is 5.20. The highest BCUT2D eigenvalue weighted by Gasteiger charge is 2.21. The van der Waals surface area contributed by atoms with Crippen molar-refractivity contribution in [2.24, 2.45) is 11.7 Å². The maximum atomic E-state index is 6.12. The van der Waals surface area contributed by atoms with Crippen molar-refractivity contribution in [3.8, 4) is 5.75 Å². The average Bonchev–Trinajstić information content (AvgIpc) is 2.38. The fourth-order valence-electron chi connectivity index (χ4n) is 1.99. The molecule has 0 aromatic heterocycles. The van der Waals surface area contributed by atoms with Crippen molar-refractivity contribution < 1.29 is 9.47 Å². The third kappa shape index (κ3) is 3.22. The summed E-state index contributed by atoms with van der Waals surface area (Å²) in [5.74, 6) is 1.43. The van der Waals surface area contributed by atoms with Crippen LogP contribution in [-0.2, 0) is 4.74 Å². The summed E-state index contributed by atoms with van der Waals surface area (Å²) in [5.41, 5.74) is 6.12. The Morgan fingerprint density at radius 1 is 1.25 bits per heavy atom. The molecule has 1 unspecified atom stereocenters. The summed E-state index contributed by atoms with van der Waals surface area (Å²) < 4.78 is 11.0. The highest BCUT2D eigenvalue weighted by atomic mass is 16.5. The van der Waals surface area contributed by atoms with Crippen LogP contribution in [0.3, 0.4) is 0 Å². The van der Waals surface area contributed by atoms with Crippen molar-refractivity contribution in [3.63, 3.8) is 0 Å². The summed E-state index contributed by atoms with van der Waals surface area (Å²) in [7, 11) is 0. The Balaban J connectivity index is 1.76. The average molecular weight is 221 g/mol. The van der Waals surface area contributed by atoms with Gasteiger partial charge in [0.05, 0.1) is 0 Å². The van der Waals surface area contributed by atoms with E-state index in [0.29, 0.717) is 12.5 Å². The van der Waals surface area contributed by atoms with Crippen LogP contribution in [0.2, 0.25) is 0 Å². The van der Waals surface area contributed by atoms with Gasteiger partial charge in [-0.2, -0.15) is 0 Å². The Morgan fingerprint density at radius 2 is 1.94 bits per heavy atom. The van der Waals surface area contributed by atoms with Crippen molar-refractivity contribution in [2.45, 2.75) is 18.9 Å². The number of rotatable bonds is 4. The van der Waals surface area contributed by atoms with Gasteiger partial charge >= 0.3 is 0 Å². The SMILES string of the molecule is NC(COc1ccccc1)C1CCOCC1.